The molecule has 3 aromatic rings. The number of thioether (sulfide) groups is 1. The van der Waals surface area contributed by atoms with E-state index >= 15 is 0 Å². The van der Waals surface area contributed by atoms with Gasteiger partial charge in [-0.2, -0.15) is 0 Å². The van der Waals surface area contributed by atoms with Crippen LogP contribution in [0.25, 0.3) is 22.5 Å². The van der Waals surface area contributed by atoms with E-state index < -0.39 is 0 Å². The zero-order chi connectivity index (χ0) is 16.9. The van der Waals surface area contributed by atoms with Gasteiger partial charge < -0.3 is 14.5 Å². The first-order valence-corrected chi connectivity index (χ1v) is 8.75. The fourth-order valence-corrected chi connectivity index (χ4v) is 3.08. The summed E-state index contributed by atoms with van der Waals surface area (Å²) in [6, 6.07) is 16.0. The van der Waals surface area contributed by atoms with Crippen LogP contribution in [0, 0.1) is 0 Å². The van der Waals surface area contributed by atoms with Gasteiger partial charge in [-0.3, -0.25) is 0 Å². The molecule has 1 heterocycles. The van der Waals surface area contributed by atoms with Gasteiger partial charge >= 0.3 is 0 Å². The highest BCUT2D eigenvalue weighted by molar-refractivity contribution is 7.99. The lowest BCUT2D eigenvalue weighted by Crippen LogP contribution is -1.87. The second-order valence-corrected chi connectivity index (χ2v) is 6.41. The van der Waals surface area contributed by atoms with Crippen LogP contribution in [0.5, 0.6) is 11.5 Å². The fourth-order valence-electron chi connectivity index (χ4n) is 2.48. The Morgan fingerprint density at radius 2 is 1.42 bits per heavy atom. The molecular weight excluding hydrogens is 320 g/mol. The number of aromatic nitrogens is 2. The Morgan fingerprint density at radius 3 is 1.92 bits per heavy atom. The molecule has 0 spiro atoms. The average Bonchev–Trinajstić information content (AvgIpc) is 3.06. The Hall–Kier alpha value is -2.40. The minimum Gasteiger partial charge on any atom is -0.497 e. The molecule has 0 saturated carbocycles. The van der Waals surface area contributed by atoms with Crippen LogP contribution < -0.4 is 9.47 Å². The van der Waals surface area contributed by atoms with Gasteiger partial charge in [-0.05, 0) is 54.3 Å². The highest BCUT2D eigenvalue weighted by Gasteiger charge is 2.14. The molecule has 0 aliphatic carbocycles. The van der Waals surface area contributed by atoms with E-state index in [0.717, 1.165) is 44.9 Å². The molecule has 1 N–H and O–H groups in total. The minimum absolute atomic E-state index is 0.837. The Labute approximate surface area is 146 Å². The van der Waals surface area contributed by atoms with Gasteiger partial charge in [0.15, 0.2) is 5.16 Å². The van der Waals surface area contributed by atoms with Gasteiger partial charge in [-0.1, -0.05) is 18.7 Å². The van der Waals surface area contributed by atoms with E-state index in [1.54, 1.807) is 26.0 Å². The lowest BCUT2D eigenvalue weighted by Gasteiger charge is -2.06. The van der Waals surface area contributed by atoms with Crippen LogP contribution in [-0.4, -0.2) is 29.9 Å². The Bertz CT molecular complexity index is 730. The first kappa shape index (κ1) is 16.5. The van der Waals surface area contributed by atoms with Crippen LogP contribution in [0.1, 0.15) is 6.92 Å². The molecule has 0 aliphatic rings. The van der Waals surface area contributed by atoms with E-state index in [1.165, 1.54) is 0 Å². The summed E-state index contributed by atoms with van der Waals surface area (Å²) < 4.78 is 10.5. The quantitative estimate of drug-likeness (QED) is 0.650. The molecule has 2 aromatic carbocycles. The number of nitrogens with zero attached hydrogens (tertiary/aromatic N) is 1. The topological polar surface area (TPSA) is 47.1 Å². The van der Waals surface area contributed by atoms with E-state index in [9.17, 15) is 0 Å². The van der Waals surface area contributed by atoms with Crippen molar-refractivity contribution in [2.24, 2.45) is 0 Å². The van der Waals surface area contributed by atoms with E-state index in [2.05, 4.69) is 11.9 Å². The molecule has 0 fully saturated rings. The molecule has 0 aliphatic heterocycles. The third kappa shape index (κ3) is 3.41. The zero-order valence-corrected chi connectivity index (χ0v) is 14.8. The van der Waals surface area contributed by atoms with Crippen molar-refractivity contribution >= 4 is 11.8 Å². The average molecular weight is 340 g/mol. The highest BCUT2D eigenvalue weighted by atomic mass is 32.2. The van der Waals surface area contributed by atoms with E-state index in [0.29, 0.717) is 0 Å². The summed E-state index contributed by atoms with van der Waals surface area (Å²) >= 11 is 1.70. The SMILES string of the molecule is CCSc1nc(-c2ccc(OC)cc2)c(-c2ccc(OC)cc2)[nH]1. The summed E-state index contributed by atoms with van der Waals surface area (Å²) in [5.74, 6) is 2.65. The predicted molar refractivity (Wildman–Crippen MR) is 99.0 cm³/mol. The number of ether oxygens (including phenoxy) is 2. The number of hydrogen-bond donors (Lipinski definition) is 1. The standard InChI is InChI=1S/C19H20N2O2S/c1-4-24-19-20-17(13-5-9-15(22-2)10-6-13)18(21-19)14-7-11-16(23-3)12-8-14/h5-12H,4H2,1-3H3,(H,20,21). The normalized spacial score (nSPS) is 10.6. The summed E-state index contributed by atoms with van der Waals surface area (Å²) in [5.41, 5.74) is 4.09. The lowest BCUT2D eigenvalue weighted by molar-refractivity contribution is 0.414. The van der Waals surface area contributed by atoms with Crippen LogP contribution in [0.4, 0.5) is 0 Å². The largest absolute Gasteiger partial charge is 0.497 e. The van der Waals surface area contributed by atoms with Crippen LogP contribution in [0.3, 0.4) is 0 Å². The van der Waals surface area contributed by atoms with Crippen LogP contribution in [0.2, 0.25) is 0 Å². The van der Waals surface area contributed by atoms with Gasteiger partial charge in [-0.15, -0.1) is 0 Å². The molecular formula is C19H20N2O2S. The van der Waals surface area contributed by atoms with E-state index in [1.807, 2.05) is 48.5 Å². The van der Waals surface area contributed by atoms with Crippen molar-refractivity contribution < 1.29 is 9.47 Å². The molecule has 0 unspecified atom stereocenters. The predicted octanol–water partition coefficient (Wildman–Crippen LogP) is 4.87. The Balaban J connectivity index is 2.05. The van der Waals surface area contributed by atoms with Crippen molar-refractivity contribution in [3.8, 4) is 34.0 Å². The fraction of sp³-hybridized carbons (Fsp3) is 0.211. The molecule has 5 heteroatoms. The first-order chi connectivity index (χ1) is 11.7. The zero-order valence-electron chi connectivity index (χ0n) is 14.0. The lowest BCUT2D eigenvalue weighted by atomic mass is 10.0. The summed E-state index contributed by atoms with van der Waals surface area (Å²) in [6.07, 6.45) is 0. The van der Waals surface area contributed by atoms with Crippen molar-refractivity contribution in [3.63, 3.8) is 0 Å². The second-order valence-electron chi connectivity index (χ2n) is 5.16. The molecule has 0 bridgehead atoms. The molecule has 124 valence electrons. The molecule has 0 amide bonds. The minimum atomic E-state index is 0.837. The summed E-state index contributed by atoms with van der Waals surface area (Å²) in [5, 5.41) is 0.925. The Kier molecular flexibility index (Phi) is 5.11. The highest BCUT2D eigenvalue weighted by Crippen LogP contribution is 2.34. The molecule has 0 saturated heterocycles. The number of imidazole rings is 1. The summed E-state index contributed by atoms with van der Waals surface area (Å²) in [7, 11) is 3.34. The number of aromatic amines is 1. The molecule has 4 nitrogen and oxygen atoms in total. The van der Waals surface area contributed by atoms with Gasteiger partial charge in [0.1, 0.15) is 11.5 Å². The number of rotatable bonds is 6. The molecule has 3 rings (SSSR count). The number of nitrogens with one attached hydrogen (secondary N) is 1. The first-order valence-electron chi connectivity index (χ1n) is 7.76. The van der Waals surface area contributed by atoms with Gasteiger partial charge in [0.25, 0.3) is 0 Å². The van der Waals surface area contributed by atoms with Gasteiger partial charge in [0.2, 0.25) is 0 Å². The Morgan fingerprint density at radius 1 is 0.875 bits per heavy atom. The number of methoxy groups -OCH3 is 2. The van der Waals surface area contributed by atoms with Gasteiger partial charge in [-0.25, -0.2) is 4.98 Å². The van der Waals surface area contributed by atoms with Crippen molar-refractivity contribution in [1.29, 1.82) is 0 Å². The maximum absolute atomic E-state index is 5.25. The maximum atomic E-state index is 5.25. The molecule has 24 heavy (non-hydrogen) atoms. The third-order valence-corrected chi connectivity index (χ3v) is 4.46. The van der Waals surface area contributed by atoms with Crippen LogP contribution in [0.15, 0.2) is 53.7 Å². The second kappa shape index (κ2) is 7.45. The van der Waals surface area contributed by atoms with Crippen molar-refractivity contribution in [1.82, 2.24) is 9.97 Å². The summed E-state index contributed by atoms with van der Waals surface area (Å²) in [4.78, 5) is 8.22. The maximum Gasteiger partial charge on any atom is 0.166 e. The smallest absolute Gasteiger partial charge is 0.166 e. The van der Waals surface area contributed by atoms with Crippen molar-refractivity contribution in [2.45, 2.75) is 12.1 Å². The summed E-state index contributed by atoms with van der Waals surface area (Å²) in [6.45, 7) is 2.12. The van der Waals surface area contributed by atoms with Crippen molar-refractivity contribution in [2.75, 3.05) is 20.0 Å². The number of benzene rings is 2. The van der Waals surface area contributed by atoms with Crippen molar-refractivity contribution in [3.05, 3.63) is 48.5 Å². The monoisotopic (exact) mass is 340 g/mol. The van der Waals surface area contributed by atoms with Gasteiger partial charge in [0.05, 0.1) is 25.6 Å². The van der Waals surface area contributed by atoms with E-state index in [4.69, 9.17) is 14.5 Å². The third-order valence-electron chi connectivity index (χ3n) is 3.71. The van der Waals surface area contributed by atoms with Crippen LogP contribution >= 0.6 is 11.8 Å². The van der Waals surface area contributed by atoms with Gasteiger partial charge in [0, 0.05) is 11.1 Å². The number of H-pyrrole nitrogens is 1. The molecule has 0 atom stereocenters. The molecule has 0 radical (unpaired) electrons. The van der Waals surface area contributed by atoms with Crippen LogP contribution in [-0.2, 0) is 0 Å². The number of hydrogen-bond acceptors (Lipinski definition) is 4. The molecule has 1 aromatic heterocycles. The van der Waals surface area contributed by atoms with E-state index in [-0.39, 0.29) is 0 Å².